The van der Waals surface area contributed by atoms with Gasteiger partial charge in [0, 0.05) is 18.0 Å². The number of aromatic nitrogens is 1. The van der Waals surface area contributed by atoms with Crippen LogP contribution in [0.1, 0.15) is 22.8 Å². The topological polar surface area (TPSA) is 39.2 Å². The molecule has 0 N–H and O–H groups in total. The number of halogens is 3. The zero-order valence-corrected chi connectivity index (χ0v) is 11.1. The third-order valence-electron chi connectivity index (χ3n) is 2.81. The summed E-state index contributed by atoms with van der Waals surface area (Å²) in [6, 6.07) is 6.46. The molecule has 0 unspecified atom stereocenters. The maximum Gasteiger partial charge on any atom is 0.417 e. The number of benzene rings is 1. The third-order valence-corrected chi connectivity index (χ3v) is 2.81. The Morgan fingerprint density at radius 1 is 1.29 bits per heavy atom. The number of carbonyl (C=O) groups excluding carboxylic acids is 1. The normalized spacial score (nSPS) is 11.2. The first kappa shape index (κ1) is 15.0. The van der Waals surface area contributed by atoms with Crippen LogP contribution in [0.4, 0.5) is 13.2 Å². The second-order valence-electron chi connectivity index (χ2n) is 4.22. The fourth-order valence-corrected chi connectivity index (χ4v) is 1.89. The molecular formula is C15H12F3NO2. The molecule has 21 heavy (non-hydrogen) atoms. The quantitative estimate of drug-likeness (QED) is 0.805. The largest absolute Gasteiger partial charge is 0.462 e. The Kier molecular flexibility index (Phi) is 4.26. The van der Waals surface area contributed by atoms with Crippen LogP contribution in [0, 0.1) is 0 Å². The number of ether oxygens (including phenoxy) is 1. The van der Waals surface area contributed by atoms with Crippen LogP contribution in [0.25, 0.3) is 11.1 Å². The van der Waals surface area contributed by atoms with Crippen molar-refractivity contribution in [2.45, 2.75) is 13.1 Å². The fraction of sp³-hybridized carbons (Fsp3) is 0.200. The highest BCUT2D eigenvalue weighted by Gasteiger charge is 2.34. The minimum absolute atomic E-state index is 0.0244. The van der Waals surface area contributed by atoms with Gasteiger partial charge in [0.15, 0.2) is 0 Å². The molecule has 0 saturated heterocycles. The van der Waals surface area contributed by atoms with Crippen LogP contribution in [0.2, 0.25) is 0 Å². The lowest BCUT2D eigenvalue weighted by atomic mass is 9.98. The number of pyridine rings is 1. The molecule has 0 aliphatic carbocycles. The number of rotatable bonds is 3. The summed E-state index contributed by atoms with van der Waals surface area (Å²) in [6.07, 6.45) is -1.76. The monoisotopic (exact) mass is 295 g/mol. The summed E-state index contributed by atoms with van der Waals surface area (Å²) < 4.78 is 44.3. The molecule has 0 fully saturated rings. The molecule has 0 aliphatic rings. The van der Waals surface area contributed by atoms with E-state index in [1.807, 2.05) is 0 Å². The Morgan fingerprint density at radius 3 is 2.62 bits per heavy atom. The van der Waals surface area contributed by atoms with Crippen LogP contribution in [-0.4, -0.2) is 17.6 Å². The van der Waals surface area contributed by atoms with Crippen LogP contribution >= 0.6 is 0 Å². The van der Waals surface area contributed by atoms with Gasteiger partial charge in [-0.1, -0.05) is 12.1 Å². The van der Waals surface area contributed by atoms with Crippen molar-refractivity contribution in [2.24, 2.45) is 0 Å². The summed E-state index contributed by atoms with van der Waals surface area (Å²) in [4.78, 5) is 15.4. The van der Waals surface area contributed by atoms with E-state index in [1.54, 1.807) is 13.0 Å². The van der Waals surface area contributed by atoms with Crippen molar-refractivity contribution in [3.8, 4) is 11.1 Å². The summed E-state index contributed by atoms with van der Waals surface area (Å²) >= 11 is 0. The Hall–Kier alpha value is -2.37. The van der Waals surface area contributed by atoms with Gasteiger partial charge in [0.1, 0.15) is 0 Å². The number of carbonyl (C=O) groups is 1. The predicted octanol–water partition coefficient (Wildman–Crippen LogP) is 3.94. The number of hydrogen-bond acceptors (Lipinski definition) is 3. The van der Waals surface area contributed by atoms with Gasteiger partial charge in [-0.15, -0.1) is 0 Å². The van der Waals surface area contributed by atoms with Crippen LogP contribution in [0.15, 0.2) is 42.7 Å². The molecule has 0 atom stereocenters. The van der Waals surface area contributed by atoms with Crippen molar-refractivity contribution in [1.82, 2.24) is 4.98 Å². The average molecular weight is 295 g/mol. The van der Waals surface area contributed by atoms with Crippen LogP contribution < -0.4 is 0 Å². The van der Waals surface area contributed by atoms with E-state index in [9.17, 15) is 18.0 Å². The van der Waals surface area contributed by atoms with Crippen molar-refractivity contribution in [3.05, 3.63) is 53.9 Å². The number of esters is 1. The second-order valence-corrected chi connectivity index (χ2v) is 4.22. The zero-order valence-electron chi connectivity index (χ0n) is 11.1. The van der Waals surface area contributed by atoms with Gasteiger partial charge in [-0.3, -0.25) is 4.98 Å². The van der Waals surface area contributed by atoms with Gasteiger partial charge in [-0.05, 0) is 30.7 Å². The van der Waals surface area contributed by atoms with E-state index in [4.69, 9.17) is 4.74 Å². The van der Waals surface area contributed by atoms with E-state index in [-0.39, 0.29) is 17.7 Å². The Bertz CT molecular complexity index is 639. The highest BCUT2D eigenvalue weighted by Crippen LogP contribution is 2.37. The van der Waals surface area contributed by atoms with E-state index < -0.39 is 17.7 Å². The van der Waals surface area contributed by atoms with Gasteiger partial charge in [-0.25, -0.2) is 4.79 Å². The van der Waals surface area contributed by atoms with Gasteiger partial charge in [0.25, 0.3) is 0 Å². The van der Waals surface area contributed by atoms with Crippen molar-refractivity contribution in [1.29, 1.82) is 0 Å². The maximum atomic E-state index is 13.2. The number of alkyl halides is 3. The lowest BCUT2D eigenvalue weighted by Gasteiger charge is -2.14. The molecule has 3 nitrogen and oxygen atoms in total. The van der Waals surface area contributed by atoms with Gasteiger partial charge >= 0.3 is 12.1 Å². The van der Waals surface area contributed by atoms with Crippen molar-refractivity contribution in [2.75, 3.05) is 6.61 Å². The summed E-state index contributed by atoms with van der Waals surface area (Å²) in [5.74, 6) is -0.777. The minimum atomic E-state index is -4.58. The first-order chi connectivity index (χ1) is 9.93. The van der Waals surface area contributed by atoms with E-state index in [0.717, 1.165) is 6.07 Å². The lowest BCUT2D eigenvalue weighted by molar-refractivity contribution is -0.137. The summed E-state index contributed by atoms with van der Waals surface area (Å²) in [5, 5.41) is 0. The third kappa shape index (κ3) is 3.39. The maximum absolute atomic E-state index is 13.2. The van der Waals surface area contributed by atoms with Crippen molar-refractivity contribution >= 4 is 5.97 Å². The highest BCUT2D eigenvalue weighted by molar-refractivity contribution is 5.90. The SMILES string of the molecule is CCOC(=O)c1ccc(-c2cccnc2)c(C(F)(F)F)c1. The Labute approximate surface area is 119 Å². The van der Waals surface area contributed by atoms with Gasteiger partial charge in [-0.2, -0.15) is 13.2 Å². The average Bonchev–Trinajstić information content (AvgIpc) is 2.47. The van der Waals surface area contributed by atoms with Gasteiger partial charge < -0.3 is 4.74 Å². The molecule has 0 saturated carbocycles. The summed E-state index contributed by atoms with van der Waals surface area (Å²) in [6.45, 7) is 1.69. The molecule has 2 aromatic rings. The Balaban J connectivity index is 2.55. The molecule has 0 spiro atoms. The first-order valence-electron chi connectivity index (χ1n) is 6.22. The standard InChI is InChI=1S/C15H12F3NO2/c1-2-21-14(20)10-5-6-12(11-4-3-7-19-9-11)13(8-10)15(16,17)18/h3-9H,2H2,1H3. The van der Waals surface area contributed by atoms with Crippen LogP contribution in [0.3, 0.4) is 0 Å². The molecule has 1 aromatic heterocycles. The molecule has 0 aliphatic heterocycles. The fourth-order valence-electron chi connectivity index (χ4n) is 1.89. The summed E-state index contributed by atoms with van der Waals surface area (Å²) in [5.41, 5.74) is -0.707. The molecule has 0 amide bonds. The molecule has 1 heterocycles. The van der Waals surface area contributed by atoms with Crippen molar-refractivity contribution < 1.29 is 22.7 Å². The van der Waals surface area contributed by atoms with Gasteiger partial charge in [0.05, 0.1) is 17.7 Å². The van der Waals surface area contributed by atoms with Crippen LogP contribution in [0.5, 0.6) is 0 Å². The predicted molar refractivity (Wildman–Crippen MR) is 70.6 cm³/mol. The smallest absolute Gasteiger partial charge is 0.417 e. The molecule has 2 rings (SSSR count). The molecule has 1 aromatic carbocycles. The molecule has 0 radical (unpaired) electrons. The van der Waals surface area contributed by atoms with E-state index in [0.29, 0.717) is 5.56 Å². The first-order valence-corrected chi connectivity index (χ1v) is 6.22. The lowest BCUT2D eigenvalue weighted by Crippen LogP contribution is -2.11. The second kappa shape index (κ2) is 5.95. The number of nitrogens with zero attached hydrogens (tertiary/aromatic N) is 1. The zero-order chi connectivity index (χ0) is 15.5. The van der Waals surface area contributed by atoms with Crippen molar-refractivity contribution in [3.63, 3.8) is 0 Å². The van der Waals surface area contributed by atoms with E-state index in [1.165, 1.54) is 30.6 Å². The Morgan fingerprint density at radius 2 is 2.05 bits per heavy atom. The van der Waals surface area contributed by atoms with E-state index in [2.05, 4.69) is 4.98 Å². The highest BCUT2D eigenvalue weighted by atomic mass is 19.4. The summed E-state index contributed by atoms with van der Waals surface area (Å²) in [7, 11) is 0. The molecule has 0 bridgehead atoms. The van der Waals surface area contributed by atoms with Gasteiger partial charge in [0.2, 0.25) is 0 Å². The van der Waals surface area contributed by atoms with E-state index >= 15 is 0 Å². The molecular weight excluding hydrogens is 283 g/mol. The molecule has 6 heteroatoms. The molecule has 110 valence electrons. The van der Waals surface area contributed by atoms with Crippen LogP contribution in [-0.2, 0) is 10.9 Å². The minimum Gasteiger partial charge on any atom is -0.462 e. The number of hydrogen-bond donors (Lipinski definition) is 0.